The number of aliphatic hydroxyl groups is 1. The highest BCUT2D eigenvalue weighted by molar-refractivity contribution is 5.79. The van der Waals surface area contributed by atoms with Crippen molar-refractivity contribution in [2.75, 3.05) is 6.61 Å². The minimum Gasteiger partial charge on any atom is -0.390 e. The van der Waals surface area contributed by atoms with Crippen LogP contribution in [-0.4, -0.2) is 16.7 Å². The van der Waals surface area contributed by atoms with Crippen molar-refractivity contribution >= 4 is 10.8 Å². The van der Waals surface area contributed by atoms with E-state index in [-0.39, 0.29) is 6.61 Å². The first-order chi connectivity index (χ1) is 6.40. The SMILES string of the molecule is OCC[n+]1ccc2ccncc2c1. The molecule has 2 aromatic rings. The van der Waals surface area contributed by atoms with Gasteiger partial charge in [-0.25, -0.2) is 4.57 Å². The van der Waals surface area contributed by atoms with Gasteiger partial charge in [0, 0.05) is 18.5 Å². The second-order valence-electron chi connectivity index (χ2n) is 2.91. The smallest absolute Gasteiger partial charge is 0.178 e. The summed E-state index contributed by atoms with van der Waals surface area (Å²) in [5.74, 6) is 0. The molecule has 0 aromatic carbocycles. The number of fused-ring (bicyclic) bond motifs is 1. The van der Waals surface area contributed by atoms with E-state index in [0.29, 0.717) is 6.54 Å². The average Bonchev–Trinajstić information content (AvgIpc) is 2.18. The van der Waals surface area contributed by atoms with E-state index in [1.54, 1.807) is 6.20 Å². The maximum Gasteiger partial charge on any atom is 0.178 e. The molecule has 0 radical (unpaired) electrons. The maximum atomic E-state index is 8.76. The number of pyridine rings is 2. The molecule has 0 amide bonds. The summed E-state index contributed by atoms with van der Waals surface area (Å²) in [4.78, 5) is 4.04. The molecule has 0 atom stereocenters. The van der Waals surface area contributed by atoms with Crippen molar-refractivity contribution in [3.63, 3.8) is 0 Å². The van der Waals surface area contributed by atoms with Crippen LogP contribution in [0.2, 0.25) is 0 Å². The number of rotatable bonds is 2. The van der Waals surface area contributed by atoms with Gasteiger partial charge in [-0.15, -0.1) is 0 Å². The molecule has 0 spiro atoms. The summed E-state index contributed by atoms with van der Waals surface area (Å²) in [6, 6.07) is 3.99. The molecular formula is C10H11N2O+. The van der Waals surface area contributed by atoms with Gasteiger partial charge in [-0.2, -0.15) is 0 Å². The Bertz CT molecular complexity index is 414. The van der Waals surface area contributed by atoms with Crippen molar-refractivity contribution in [1.29, 1.82) is 0 Å². The van der Waals surface area contributed by atoms with Crippen LogP contribution in [0.3, 0.4) is 0 Å². The Hall–Kier alpha value is -1.48. The van der Waals surface area contributed by atoms with E-state index in [2.05, 4.69) is 4.98 Å². The van der Waals surface area contributed by atoms with E-state index in [4.69, 9.17) is 5.11 Å². The predicted molar refractivity (Wildman–Crippen MR) is 49.0 cm³/mol. The largest absolute Gasteiger partial charge is 0.390 e. The summed E-state index contributed by atoms with van der Waals surface area (Å²) in [5, 5.41) is 11.0. The Morgan fingerprint density at radius 1 is 1.31 bits per heavy atom. The van der Waals surface area contributed by atoms with Gasteiger partial charge in [-0.05, 0) is 11.5 Å². The van der Waals surface area contributed by atoms with E-state index < -0.39 is 0 Å². The number of aromatic nitrogens is 2. The Balaban J connectivity index is 2.49. The van der Waals surface area contributed by atoms with Crippen LogP contribution in [0.1, 0.15) is 0 Å². The molecule has 0 fully saturated rings. The lowest BCUT2D eigenvalue weighted by Crippen LogP contribution is -2.34. The molecule has 2 aromatic heterocycles. The highest BCUT2D eigenvalue weighted by Gasteiger charge is 2.00. The monoisotopic (exact) mass is 175 g/mol. The lowest BCUT2D eigenvalue weighted by atomic mass is 10.2. The van der Waals surface area contributed by atoms with Gasteiger partial charge < -0.3 is 5.11 Å². The molecule has 0 saturated heterocycles. The Labute approximate surface area is 76.3 Å². The van der Waals surface area contributed by atoms with E-state index in [1.165, 1.54) is 5.39 Å². The van der Waals surface area contributed by atoms with Crippen LogP contribution >= 0.6 is 0 Å². The van der Waals surface area contributed by atoms with E-state index in [0.717, 1.165) is 5.39 Å². The summed E-state index contributed by atoms with van der Waals surface area (Å²) in [5.41, 5.74) is 0. The van der Waals surface area contributed by atoms with Crippen molar-refractivity contribution < 1.29 is 9.67 Å². The maximum absolute atomic E-state index is 8.76. The van der Waals surface area contributed by atoms with Gasteiger partial charge in [0.1, 0.15) is 6.61 Å². The molecule has 1 N–H and O–H groups in total. The van der Waals surface area contributed by atoms with Gasteiger partial charge in [-0.1, -0.05) is 0 Å². The fraction of sp³-hybridized carbons (Fsp3) is 0.200. The van der Waals surface area contributed by atoms with Crippen molar-refractivity contribution in [1.82, 2.24) is 4.98 Å². The van der Waals surface area contributed by atoms with Crippen LogP contribution < -0.4 is 4.57 Å². The second-order valence-corrected chi connectivity index (χ2v) is 2.91. The topological polar surface area (TPSA) is 37.0 Å². The average molecular weight is 175 g/mol. The normalized spacial score (nSPS) is 10.5. The molecule has 0 aliphatic rings. The third kappa shape index (κ3) is 1.65. The molecule has 2 rings (SSSR count). The molecule has 3 nitrogen and oxygen atoms in total. The number of hydrogen-bond acceptors (Lipinski definition) is 2. The van der Waals surface area contributed by atoms with Gasteiger partial charge in [0.05, 0.1) is 5.39 Å². The van der Waals surface area contributed by atoms with Crippen LogP contribution in [-0.2, 0) is 6.54 Å². The summed E-state index contributed by atoms with van der Waals surface area (Å²) < 4.78 is 1.95. The van der Waals surface area contributed by atoms with Crippen LogP contribution in [0.4, 0.5) is 0 Å². The Morgan fingerprint density at radius 3 is 3.08 bits per heavy atom. The minimum atomic E-state index is 0.163. The van der Waals surface area contributed by atoms with E-state index >= 15 is 0 Å². The van der Waals surface area contributed by atoms with Crippen molar-refractivity contribution in [2.45, 2.75) is 6.54 Å². The number of nitrogens with zero attached hydrogens (tertiary/aromatic N) is 2. The molecule has 3 heteroatoms. The molecule has 66 valence electrons. The quantitative estimate of drug-likeness (QED) is 0.675. The zero-order valence-electron chi connectivity index (χ0n) is 7.22. The van der Waals surface area contributed by atoms with E-state index in [1.807, 2.05) is 35.3 Å². The summed E-state index contributed by atoms with van der Waals surface area (Å²) in [6.45, 7) is 0.793. The van der Waals surface area contributed by atoms with E-state index in [9.17, 15) is 0 Å². The Kier molecular flexibility index (Phi) is 2.19. The Morgan fingerprint density at radius 2 is 2.23 bits per heavy atom. The molecule has 0 aliphatic heterocycles. The fourth-order valence-electron chi connectivity index (χ4n) is 1.33. The van der Waals surface area contributed by atoms with Gasteiger partial charge in [0.2, 0.25) is 0 Å². The lowest BCUT2D eigenvalue weighted by Gasteiger charge is -1.95. The fourth-order valence-corrected chi connectivity index (χ4v) is 1.33. The van der Waals surface area contributed by atoms with Gasteiger partial charge in [-0.3, -0.25) is 4.98 Å². The highest BCUT2D eigenvalue weighted by Crippen LogP contribution is 2.07. The van der Waals surface area contributed by atoms with Crippen LogP contribution in [0.5, 0.6) is 0 Å². The summed E-state index contributed by atoms with van der Waals surface area (Å²) in [6.07, 6.45) is 7.54. The zero-order chi connectivity index (χ0) is 9.10. The highest BCUT2D eigenvalue weighted by atomic mass is 16.3. The van der Waals surface area contributed by atoms with Gasteiger partial charge in [0.15, 0.2) is 18.9 Å². The van der Waals surface area contributed by atoms with Crippen molar-refractivity contribution in [3.05, 3.63) is 36.9 Å². The van der Waals surface area contributed by atoms with Gasteiger partial charge in [0.25, 0.3) is 0 Å². The molecule has 13 heavy (non-hydrogen) atoms. The van der Waals surface area contributed by atoms with Crippen LogP contribution in [0, 0.1) is 0 Å². The summed E-state index contributed by atoms with van der Waals surface area (Å²) in [7, 11) is 0. The molecule has 2 heterocycles. The standard InChI is InChI=1S/C10H11N2O/c13-6-5-12-4-2-9-1-3-11-7-10(9)8-12/h1-4,7-8,13H,5-6H2/q+1. The minimum absolute atomic E-state index is 0.163. The molecule has 0 bridgehead atoms. The van der Waals surface area contributed by atoms with Crippen LogP contribution in [0.15, 0.2) is 36.9 Å². The van der Waals surface area contributed by atoms with Crippen LogP contribution in [0.25, 0.3) is 10.8 Å². The molecular weight excluding hydrogens is 164 g/mol. The van der Waals surface area contributed by atoms with Gasteiger partial charge >= 0.3 is 0 Å². The number of hydrogen-bond donors (Lipinski definition) is 1. The predicted octanol–water partition coefficient (Wildman–Crippen LogP) is 0.515. The lowest BCUT2D eigenvalue weighted by molar-refractivity contribution is -0.696. The first-order valence-corrected chi connectivity index (χ1v) is 4.24. The first-order valence-electron chi connectivity index (χ1n) is 4.24. The molecule has 0 aliphatic carbocycles. The molecule has 0 unspecified atom stereocenters. The summed E-state index contributed by atoms with van der Waals surface area (Å²) >= 11 is 0. The molecule has 0 saturated carbocycles. The van der Waals surface area contributed by atoms with Crippen molar-refractivity contribution in [2.24, 2.45) is 0 Å². The number of aliphatic hydroxyl groups excluding tert-OH is 1. The second kappa shape index (κ2) is 3.49. The first kappa shape index (κ1) is 8.13. The zero-order valence-corrected chi connectivity index (χ0v) is 7.22. The third-order valence-electron chi connectivity index (χ3n) is 2.00. The van der Waals surface area contributed by atoms with Crippen molar-refractivity contribution in [3.8, 4) is 0 Å². The third-order valence-corrected chi connectivity index (χ3v) is 2.00.